The number of ketones is 1. The number of halogens is 4. The van der Waals surface area contributed by atoms with Crippen LogP contribution in [0, 0.1) is 0 Å². The van der Waals surface area contributed by atoms with E-state index >= 15 is 0 Å². The Bertz CT molecular complexity index is 1230. The van der Waals surface area contributed by atoms with Gasteiger partial charge in [-0.3, -0.25) is 9.59 Å². The molecule has 1 aromatic heterocycles. The third kappa shape index (κ3) is 9.50. The zero-order valence-electron chi connectivity index (χ0n) is 19.4. The molecule has 0 saturated heterocycles. The summed E-state index contributed by atoms with van der Waals surface area (Å²) in [5, 5.41) is -0.425. The molecule has 1 amide bonds. The molecule has 0 aliphatic heterocycles. The van der Waals surface area contributed by atoms with Gasteiger partial charge in [-0.2, -0.15) is 13.2 Å². The summed E-state index contributed by atoms with van der Waals surface area (Å²) in [5.41, 5.74) is -0.850. The second kappa shape index (κ2) is 12.7. The Labute approximate surface area is 211 Å². The van der Waals surface area contributed by atoms with Crippen molar-refractivity contribution < 1.29 is 40.7 Å². The number of amides is 1. The fourth-order valence-corrected chi connectivity index (χ4v) is 3.99. The van der Waals surface area contributed by atoms with Crippen LogP contribution in [0.25, 0.3) is 6.08 Å². The lowest BCUT2D eigenvalue weighted by atomic mass is 10.1. The number of benzene rings is 1. The number of carbonyl (C=O) groups excluding carboxylic acids is 2. The van der Waals surface area contributed by atoms with Crippen LogP contribution in [-0.4, -0.2) is 37.5 Å². The second-order valence-corrected chi connectivity index (χ2v) is 9.88. The first kappa shape index (κ1) is 29.1. The number of unbranched alkanes of at least 4 members (excludes halogenated alkanes) is 2. The van der Waals surface area contributed by atoms with Crippen molar-refractivity contribution >= 4 is 39.4 Å². The highest BCUT2D eigenvalue weighted by molar-refractivity contribution is 7.90. The maximum atomic E-state index is 12.9. The highest BCUT2D eigenvalue weighted by Gasteiger charge is 2.32. The quantitative estimate of drug-likeness (QED) is 0.288. The third-order valence-electron chi connectivity index (χ3n) is 4.46. The lowest BCUT2D eigenvalue weighted by Crippen LogP contribution is -2.31. The molecule has 1 aromatic carbocycles. The first-order valence-corrected chi connectivity index (χ1v) is 12.7. The van der Waals surface area contributed by atoms with Crippen LogP contribution in [0.15, 0.2) is 36.5 Å². The Kier molecular flexibility index (Phi) is 10.3. The van der Waals surface area contributed by atoms with Crippen molar-refractivity contribution in [2.45, 2.75) is 39.3 Å². The Morgan fingerprint density at radius 2 is 1.92 bits per heavy atom. The van der Waals surface area contributed by atoms with Gasteiger partial charge in [0, 0.05) is 23.9 Å². The van der Waals surface area contributed by atoms with Crippen molar-refractivity contribution in [1.82, 2.24) is 9.71 Å². The number of nitrogens with one attached hydrogen (secondary N) is 1. The summed E-state index contributed by atoms with van der Waals surface area (Å²) in [6.45, 7) is 2.99. The zero-order valence-corrected chi connectivity index (χ0v) is 21.0. The van der Waals surface area contributed by atoms with E-state index in [4.69, 9.17) is 21.1 Å². The lowest BCUT2D eigenvalue weighted by molar-refractivity contribution is -0.137. The van der Waals surface area contributed by atoms with Gasteiger partial charge in [-0.1, -0.05) is 31.4 Å². The molecule has 0 aliphatic rings. The van der Waals surface area contributed by atoms with E-state index < -0.39 is 32.7 Å². The number of nitrogens with zero attached hydrogens (tertiary/aromatic N) is 1. The lowest BCUT2D eigenvalue weighted by Gasteiger charge is -2.13. The predicted octanol–water partition coefficient (Wildman–Crippen LogP) is 5.16. The number of hydrogen-bond acceptors (Lipinski definition) is 7. The van der Waals surface area contributed by atoms with E-state index in [-0.39, 0.29) is 41.1 Å². The Morgan fingerprint density at radius 1 is 1.19 bits per heavy atom. The molecular formula is C23H24ClF3N2O6S. The fraction of sp³-hybridized carbons (Fsp3) is 0.348. The number of ether oxygens (including phenoxy) is 2. The number of Topliss-reactive ketones (excluding diaryl/α,β-unsaturated/α-hetero) is 1. The van der Waals surface area contributed by atoms with Gasteiger partial charge in [0.2, 0.25) is 15.9 Å². The van der Waals surface area contributed by atoms with Gasteiger partial charge in [0.1, 0.15) is 23.1 Å². The van der Waals surface area contributed by atoms with Crippen LogP contribution in [-0.2, 0) is 25.8 Å². The fourth-order valence-electron chi connectivity index (χ4n) is 2.72. The molecule has 1 heterocycles. The van der Waals surface area contributed by atoms with Gasteiger partial charge in [-0.05, 0) is 37.6 Å². The molecule has 0 spiro atoms. The van der Waals surface area contributed by atoms with Crippen molar-refractivity contribution in [1.29, 1.82) is 0 Å². The minimum Gasteiger partial charge on any atom is -0.486 e. The molecular weight excluding hydrogens is 525 g/mol. The van der Waals surface area contributed by atoms with Crippen LogP contribution in [0.3, 0.4) is 0 Å². The van der Waals surface area contributed by atoms with Crippen molar-refractivity contribution in [3.8, 4) is 17.4 Å². The molecule has 0 bridgehead atoms. The first-order chi connectivity index (χ1) is 16.8. The zero-order chi connectivity index (χ0) is 26.9. The van der Waals surface area contributed by atoms with Crippen LogP contribution in [0.5, 0.6) is 17.4 Å². The standard InChI is InChI=1S/C23H24ClF3N2O6S/c1-3-4-5-10-36(32,33)29-21(31)9-7-16-6-8-18(34-14-15(2)30)12-20(16)35-22-19(24)11-17(13-28-22)23(25,26)27/h6-9,11-13H,3-5,10,14H2,1-2H3,(H,29,31)/b9-7+. The molecule has 196 valence electrons. The van der Waals surface area contributed by atoms with Gasteiger partial charge in [0.25, 0.3) is 5.91 Å². The smallest absolute Gasteiger partial charge is 0.417 e. The van der Waals surface area contributed by atoms with E-state index in [0.717, 1.165) is 12.5 Å². The van der Waals surface area contributed by atoms with Crippen LogP contribution in [0.4, 0.5) is 13.2 Å². The van der Waals surface area contributed by atoms with Crippen molar-refractivity contribution in [3.63, 3.8) is 0 Å². The maximum Gasteiger partial charge on any atom is 0.417 e. The molecule has 2 rings (SSSR count). The Morgan fingerprint density at radius 3 is 2.53 bits per heavy atom. The van der Waals surface area contributed by atoms with E-state index in [9.17, 15) is 31.2 Å². The number of pyridine rings is 1. The summed E-state index contributed by atoms with van der Waals surface area (Å²) in [6, 6.07) is 4.85. The van der Waals surface area contributed by atoms with Crippen LogP contribution in [0.1, 0.15) is 44.2 Å². The van der Waals surface area contributed by atoms with E-state index in [1.807, 2.05) is 11.6 Å². The highest BCUT2D eigenvalue weighted by atomic mass is 35.5. The predicted molar refractivity (Wildman–Crippen MR) is 127 cm³/mol. The van der Waals surface area contributed by atoms with Gasteiger partial charge in [0.15, 0.2) is 5.78 Å². The molecule has 0 atom stereocenters. The summed E-state index contributed by atoms with van der Waals surface area (Å²) in [6.07, 6.45) is -0.00239. The Hall–Kier alpha value is -3.12. The van der Waals surface area contributed by atoms with E-state index in [1.54, 1.807) is 0 Å². The molecule has 0 aliphatic carbocycles. The molecule has 36 heavy (non-hydrogen) atoms. The normalized spacial score (nSPS) is 11.9. The summed E-state index contributed by atoms with van der Waals surface area (Å²) in [7, 11) is -3.81. The second-order valence-electron chi connectivity index (χ2n) is 7.63. The first-order valence-electron chi connectivity index (χ1n) is 10.7. The topological polar surface area (TPSA) is 112 Å². The minimum absolute atomic E-state index is 0.0277. The molecule has 13 heteroatoms. The molecule has 2 aromatic rings. The average Bonchev–Trinajstić information content (AvgIpc) is 2.77. The highest BCUT2D eigenvalue weighted by Crippen LogP contribution is 2.36. The number of sulfonamides is 1. The number of aromatic nitrogens is 1. The molecule has 8 nitrogen and oxygen atoms in total. The molecule has 0 fully saturated rings. The maximum absolute atomic E-state index is 12.9. The van der Waals surface area contributed by atoms with Crippen molar-refractivity contribution in [2.75, 3.05) is 12.4 Å². The van der Waals surface area contributed by atoms with Gasteiger partial charge < -0.3 is 9.47 Å². The van der Waals surface area contributed by atoms with Crippen molar-refractivity contribution in [3.05, 3.63) is 52.7 Å². The molecule has 1 N–H and O–H groups in total. The summed E-state index contributed by atoms with van der Waals surface area (Å²) < 4.78 is 75.5. The van der Waals surface area contributed by atoms with Gasteiger partial charge in [-0.25, -0.2) is 18.1 Å². The van der Waals surface area contributed by atoms with Crippen LogP contribution >= 0.6 is 11.6 Å². The SMILES string of the molecule is CCCCCS(=O)(=O)NC(=O)/C=C/c1ccc(OCC(C)=O)cc1Oc1ncc(C(F)(F)F)cc1Cl. The minimum atomic E-state index is -4.66. The van der Waals surface area contributed by atoms with Gasteiger partial charge >= 0.3 is 6.18 Å². The van der Waals surface area contributed by atoms with Crippen LogP contribution in [0.2, 0.25) is 5.02 Å². The van der Waals surface area contributed by atoms with Gasteiger partial charge in [0.05, 0.1) is 11.3 Å². The van der Waals surface area contributed by atoms with E-state index in [1.165, 1.54) is 31.2 Å². The average molecular weight is 549 g/mol. The Balaban J connectivity index is 2.30. The number of hydrogen-bond donors (Lipinski definition) is 1. The summed E-state index contributed by atoms with van der Waals surface area (Å²) >= 11 is 5.92. The van der Waals surface area contributed by atoms with E-state index in [0.29, 0.717) is 25.1 Å². The molecule has 0 radical (unpaired) electrons. The largest absolute Gasteiger partial charge is 0.486 e. The number of alkyl halides is 3. The van der Waals surface area contributed by atoms with Crippen molar-refractivity contribution in [2.24, 2.45) is 0 Å². The van der Waals surface area contributed by atoms with E-state index in [2.05, 4.69) is 4.98 Å². The third-order valence-corrected chi connectivity index (χ3v) is 6.06. The number of rotatable bonds is 12. The van der Waals surface area contributed by atoms with Gasteiger partial charge in [-0.15, -0.1) is 0 Å². The number of carbonyl (C=O) groups is 2. The molecule has 0 unspecified atom stereocenters. The summed E-state index contributed by atoms with van der Waals surface area (Å²) in [5.74, 6) is -1.56. The van der Waals surface area contributed by atoms with Crippen LogP contribution < -0.4 is 14.2 Å². The summed E-state index contributed by atoms with van der Waals surface area (Å²) in [4.78, 5) is 27.0. The molecule has 0 saturated carbocycles. The monoisotopic (exact) mass is 548 g/mol.